The molecule has 4 heteroatoms. The summed E-state index contributed by atoms with van der Waals surface area (Å²) in [5, 5.41) is 5.38. The van der Waals surface area contributed by atoms with Gasteiger partial charge in [0.25, 0.3) is 0 Å². The Morgan fingerprint density at radius 3 is 2.95 bits per heavy atom. The lowest BCUT2D eigenvalue weighted by molar-refractivity contribution is 0.122. The standard InChI is InChI=1S/C17H22FNOS/c1-2-8-19-12-14-5-6-17(18)15(11-14)13-20-9-7-16-4-3-10-21-16/h3-6,10-11,19H,2,7-9,12-13H2,1H3. The van der Waals surface area contributed by atoms with E-state index in [1.54, 1.807) is 11.3 Å². The molecular weight excluding hydrogens is 285 g/mol. The molecule has 2 nitrogen and oxygen atoms in total. The van der Waals surface area contributed by atoms with Crippen molar-refractivity contribution in [2.75, 3.05) is 13.2 Å². The van der Waals surface area contributed by atoms with Gasteiger partial charge in [-0.25, -0.2) is 4.39 Å². The molecule has 0 atom stereocenters. The van der Waals surface area contributed by atoms with Gasteiger partial charge in [-0.15, -0.1) is 11.3 Å². The fourth-order valence-corrected chi connectivity index (χ4v) is 2.76. The largest absolute Gasteiger partial charge is 0.376 e. The minimum atomic E-state index is -0.189. The maximum absolute atomic E-state index is 13.8. The van der Waals surface area contributed by atoms with Gasteiger partial charge in [-0.2, -0.15) is 0 Å². The lowest BCUT2D eigenvalue weighted by Gasteiger charge is -2.08. The van der Waals surface area contributed by atoms with E-state index in [1.165, 1.54) is 10.9 Å². The van der Waals surface area contributed by atoms with Crippen molar-refractivity contribution in [2.45, 2.75) is 32.9 Å². The Hall–Kier alpha value is -1.23. The molecule has 0 fully saturated rings. The van der Waals surface area contributed by atoms with E-state index in [9.17, 15) is 4.39 Å². The number of rotatable bonds is 9. The van der Waals surface area contributed by atoms with E-state index in [1.807, 2.05) is 18.2 Å². The summed E-state index contributed by atoms with van der Waals surface area (Å²) >= 11 is 1.72. The van der Waals surface area contributed by atoms with Crippen LogP contribution in [0.4, 0.5) is 4.39 Å². The van der Waals surface area contributed by atoms with E-state index in [-0.39, 0.29) is 5.82 Å². The first-order chi connectivity index (χ1) is 10.3. The van der Waals surface area contributed by atoms with Crippen LogP contribution in [0.15, 0.2) is 35.7 Å². The topological polar surface area (TPSA) is 21.3 Å². The number of benzene rings is 1. The summed E-state index contributed by atoms with van der Waals surface area (Å²) in [6.45, 7) is 4.84. The third kappa shape index (κ3) is 5.58. The molecule has 0 spiro atoms. The monoisotopic (exact) mass is 307 g/mol. The fraction of sp³-hybridized carbons (Fsp3) is 0.412. The van der Waals surface area contributed by atoms with Crippen LogP contribution in [0.25, 0.3) is 0 Å². The third-order valence-electron chi connectivity index (χ3n) is 3.20. The minimum Gasteiger partial charge on any atom is -0.376 e. The van der Waals surface area contributed by atoms with Gasteiger partial charge in [-0.05, 0) is 42.1 Å². The number of hydrogen-bond acceptors (Lipinski definition) is 3. The summed E-state index contributed by atoms with van der Waals surface area (Å²) in [5.41, 5.74) is 1.73. The van der Waals surface area contributed by atoms with Crippen LogP contribution < -0.4 is 5.32 Å². The second-order valence-electron chi connectivity index (χ2n) is 4.98. The van der Waals surface area contributed by atoms with Gasteiger partial charge in [-0.3, -0.25) is 0 Å². The fourth-order valence-electron chi connectivity index (χ4n) is 2.07. The molecule has 0 aliphatic carbocycles. The second kappa shape index (κ2) is 8.93. The summed E-state index contributed by atoms with van der Waals surface area (Å²) < 4.78 is 19.4. The molecule has 0 aliphatic heterocycles. The predicted octanol–water partition coefficient (Wildman–Crippen LogP) is 4.15. The predicted molar refractivity (Wildman–Crippen MR) is 86.1 cm³/mol. The lowest BCUT2D eigenvalue weighted by Crippen LogP contribution is -2.14. The molecule has 21 heavy (non-hydrogen) atoms. The Labute approximate surface area is 130 Å². The van der Waals surface area contributed by atoms with Crippen molar-refractivity contribution in [2.24, 2.45) is 0 Å². The number of thiophene rings is 1. The molecule has 0 unspecified atom stereocenters. The van der Waals surface area contributed by atoms with E-state index < -0.39 is 0 Å². The van der Waals surface area contributed by atoms with Crippen LogP contribution in [0.2, 0.25) is 0 Å². The lowest BCUT2D eigenvalue weighted by atomic mass is 10.1. The summed E-state index contributed by atoms with van der Waals surface area (Å²) in [4.78, 5) is 1.30. The molecule has 0 saturated carbocycles. The Morgan fingerprint density at radius 2 is 2.19 bits per heavy atom. The number of ether oxygens (including phenoxy) is 1. The highest BCUT2D eigenvalue weighted by Gasteiger charge is 2.04. The summed E-state index contributed by atoms with van der Waals surface area (Å²) in [5.74, 6) is -0.189. The molecule has 1 heterocycles. The summed E-state index contributed by atoms with van der Waals surface area (Å²) in [6.07, 6.45) is 1.98. The van der Waals surface area contributed by atoms with Crippen LogP contribution in [0.1, 0.15) is 29.3 Å². The van der Waals surface area contributed by atoms with E-state index in [2.05, 4.69) is 23.7 Å². The molecule has 2 rings (SSSR count). The van der Waals surface area contributed by atoms with E-state index in [0.29, 0.717) is 18.8 Å². The van der Waals surface area contributed by atoms with Gasteiger partial charge in [0.15, 0.2) is 0 Å². The maximum Gasteiger partial charge on any atom is 0.128 e. The Bertz CT molecular complexity index is 528. The van der Waals surface area contributed by atoms with Crippen molar-refractivity contribution in [3.05, 3.63) is 57.5 Å². The van der Waals surface area contributed by atoms with Gasteiger partial charge < -0.3 is 10.1 Å². The van der Waals surface area contributed by atoms with Gasteiger partial charge in [0.2, 0.25) is 0 Å². The van der Waals surface area contributed by atoms with Crippen LogP contribution >= 0.6 is 11.3 Å². The zero-order valence-electron chi connectivity index (χ0n) is 12.4. The SMILES string of the molecule is CCCNCc1ccc(F)c(COCCc2cccs2)c1. The van der Waals surface area contributed by atoms with Crippen molar-refractivity contribution >= 4 is 11.3 Å². The molecule has 1 aromatic heterocycles. The van der Waals surface area contributed by atoms with Crippen molar-refractivity contribution in [1.29, 1.82) is 0 Å². The van der Waals surface area contributed by atoms with E-state index >= 15 is 0 Å². The Kier molecular flexibility index (Phi) is 6.86. The Morgan fingerprint density at radius 1 is 1.29 bits per heavy atom. The first-order valence-electron chi connectivity index (χ1n) is 7.37. The molecule has 0 bridgehead atoms. The molecule has 1 N–H and O–H groups in total. The molecule has 2 aromatic rings. The average molecular weight is 307 g/mol. The van der Waals surface area contributed by atoms with Crippen LogP contribution in [-0.2, 0) is 24.3 Å². The molecular formula is C17H22FNOS. The molecule has 1 aromatic carbocycles. The third-order valence-corrected chi connectivity index (χ3v) is 4.13. The highest BCUT2D eigenvalue weighted by molar-refractivity contribution is 7.09. The molecule has 114 valence electrons. The van der Waals surface area contributed by atoms with Crippen molar-refractivity contribution in [1.82, 2.24) is 5.32 Å². The van der Waals surface area contributed by atoms with Crippen molar-refractivity contribution in [3.8, 4) is 0 Å². The number of hydrogen-bond donors (Lipinski definition) is 1. The smallest absolute Gasteiger partial charge is 0.128 e. The van der Waals surface area contributed by atoms with Gasteiger partial charge >= 0.3 is 0 Å². The number of nitrogens with one attached hydrogen (secondary N) is 1. The molecule has 0 aliphatic rings. The summed E-state index contributed by atoms with van der Waals surface area (Å²) in [6, 6.07) is 9.37. The highest BCUT2D eigenvalue weighted by atomic mass is 32.1. The first kappa shape index (κ1) is 16.1. The maximum atomic E-state index is 13.8. The van der Waals surface area contributed by atoms with E-state index in [0.717, 1.165) is 31.5 Å². The van der Waals surface area contributed by atoms with Crippen LogP contribution in [-0.4, -0.2) is 13.2 Å². The van der Waals surface area contributed by atoms with Crippen molar-refractivity contribution in [3.63, 3.8) is 0 Å². The average Bonchev–Trinajstić information content (AvgIpc) is 3.00. The second-order valence-corrected chi connectivity index (χ2v) is 6.02. The molecule has 0 radical (unpaired) electrons. The number of halogens is 1. The van der Waals surface area contributed by atoms with Gasteiger partial charge in [0.1, 0.15) is 5.82 Å². The zero-order valence-corrected chi connectivity index (χ0v) is 13.2. The highest BCUT2D eigenvalue weighted by Crippen LogP contribution is 2.13. The first-order valence-corrected chi connectivity index (χ1v) is 8.25. The molecule has 0 amide bonds. The van der Waals surface area contributed by atoms with Gasteiger partial charge in [0.05, 0.1) is 13.2 Å². The minimum absolute atomic E-state index is 0.189. The Balaban J connectivity index is 1.79. The summed E-state index contributed by atoms with van der Waals surface area (Å²) in [7, 11) is 0. The van der Waals surface area contributed by atoms with E-state index in [4.69, 9.17) is 4.74 Å². The van der Waals surface area contributed by atoms with Crippen molar-refractivity contribution < 1.29 is 9.13 Å². The normalized spacial score (nSPS) is 11.0. The zero-order chi connectivity index (χ0) is 14.9. The molecule has 0 saturated heterocycles. The quantitative estimate of drug-likeness (QED) is 0.703. The van der Waals surface area contributed by atoms with Gasteiger partial charge in [-0.1, -0.05) is 19.1 Å². The van der Waals surface area contributed by atoms with Gasteiger partial charge in [0, 0.05) is 23.4 Å². The van der Waals surface area contributed by atoms with Crippen LogP contribution in [0.5, 0.6) is 0 Å². The van der Waals surface area contributed by atoms with Crippen LogP contribution in [0, 0.1) is 5.82 Å². The van der Waals surface area contributed by atoms with Crippen LogP contribution in [0.3, 0.4) is 0 Å².